The quantitative estimate of drug-likeness (QED) is 0.443. The minimum Gasteiger partial charge on any atom is -0.0798 e. The maximum atomic E-state index is 2.54. The minimum atomic E-state index is 0.482. The van der Waals surface area contributed by atoms with Crippen LogP contribution in [0.25, 0.3) is 0 Å². The largest absolute Gasteiger partial charge is 0.0798 e. The van der Waals surface area contributed by atoms with Crippen LogP contribution in [0.3, 0.4) is 0 Å². The number of unbranched alkanes of at least 4 members (excludes halogenated alkanes) is 2. The summed E-state index contributed by atoms with van der Waals surface area (Å²) >= 11 is 0. The average molecular weight is 242 g/mol. The van der Waals surface area contributed by atoms with Crippen molar-refractivity contribution in [3.63, 3.8) is 0 Å². The number of benzene rings is 1. The van der Waals surface area contributed by atoms with Gasteiger partial charge in [-0.3, -0.25) is 0 Å². The molecule has 1 saturated carbocycles. The molecule has 1 aliphatic rings. The summed E-state index contributed by atoms with van der Waals surface area (Å²) in [6.45, 7) is 6.76. The van der Waals surface area contributed by atoms with Gasteiger partial charge in [0.2, 0.25) is 0 Å². The predicted molar refractivity (Wildman–Crippen MR) is 79.8 cm³/mol. The molecule has 1 fully saturated rings. The first-order valence-corrected chi connectivity index (χ1v) is 7.39. The van der Waals surface area contributed by atoms with E-state index >= 15 is 0 Å². The topological polar surface area (TPSA) is 0 Å². The van der Waals surface area contributed by atoms with Gasteiger partial charge in [-0.15, -0.1) is 0 Å². The second-order valence-electron chi connectivity index (χ2n) is 6.08. The van der Waals surface area contributed by atoms with Crippen molar-refractivity contribution in [1.82, 2.24) is 0 Å². The highest BCUT2D eigenvalue weighted by atomic mass is 14.5. The van der Waals surface area contributed by atoms with E-state index in [1.54, 1.807) is 0 Å². The molecule has 0 unspecified atom stereocenters. The standard InChI is InChI=1S/C18H26/c1-4-5-9-12-18(13-15(2)3)14-17(18)16-10-7-6-8-11-16/h6-8,10-11,13,17H,4-5,9,12,14H2,1-3H3/t17-,18-/m1/s1. The highest BCUT2D eigenvalue weighted by Gasteiger charge is 2.51. The summed E-state index contributed by atoms with van der Waals surface area (Å²) < 4.78 is 0. The molecule has 0 N–H and O–H groups in total. The lowest BCUT2D eigenvalue weighted by molar-refractivity contribution is 0.511. The van der Waals surface area contributed by atoms with Crippen molar-refractivity contribution >= 4 is 0 Å². The number of hydrogen-bond acceptors (Lipinski definition) is 0. The van der Waals surface area contributed by atoms with Crippen LogP contribution in [0.1, 0.15) is 64.4 Å². The fourth-order valence-electron chi connectivity index (χ4n) is 3.24. The third-order valence-electron chi connectivity index (χ3n) is 4.14. The Morgan fingerprint density at radius 2 is 1.94 bits per heavy atom. The van der Waals surface area contributed by atoms with Gasteiger partial charge in [0.15, 0.2) is 0 Å². The van der Waals surface area contributed by atoms with Crippen LogP contribution < -0.4 is 0 Å². The van der Waals surface area contributed by atoms with E-state index in [4.69, 9.17) is 0 Å². The molecule has 0 heterocycles. The molecule has 0 aliphatic heterocycles. The summed E-state index contributed by atoms with van der Waals surface area (Å²) in [5, 5.41) is 0. The molecule has 0 heteroatoms. The van der Waals surface area contributed by atoms with E-state index in [0.29, 0.717) is 5.41 Å². The Balaban J connectivity index is 2.08. The first kappa shape index (κ1) is 13.4. The monoisotopic (exact) mass is 242 g/mol. The van der Waals surface area contributed by atoms with Gasteiger partial charge in [0, 0.05) is 0 Å². The molecule has 2 atom stereocenters. The van der Waals surface area contributed by atoms with Crippen LogP contribution >= 0.6 is 0 Å². The van der Waals surface area contributed by atoms with Gasteiger partial charge < -0.3 is 0 Å². The van der Waals surface area contributed by atoms with Gasteiger partial charge in [-0.2, -0.15) is 0 Å². The normalized spacial score (nSPS) is 25.8. The van der Waals surface area contributed by atoms with E-state index in [0.717, 1.165) is 5.92 Å². The molecular formula is C18H26. The van der Waals surface area contributed by atoms with Crippen molar-refractivity contribution < 1.29 is 0 Å². The van der Waals surface area contributed by atoms with Crippen LogP contribution in [0, 0.1) is 5.41 Å². The van der Waals surface area contributed by atoms with Crippen molar-refractivity contribution in [3.05, 3.63) is 47.5 Å². The van der Waals surface area contributed by atoms with Crippen LogP contribution in [-0.2, 0) is 0 Å². The summed E-state index contributed by atoms with van der Waals surface area (Å²) in [5.41, 5.74) is 3.49. The van der Waals surface area contributed by atoms with E-state index in [-0.39, 0.29) is 0 Å². The highest BCUT2D eigenvalue weighted by molar-refractivity contribution is 5.34. The predicted octanol–water partition coefficient (Wildman–Crippen LogP) is 5.71. The maximum absolute atomic E-state index is 2.54. The summed E-state index contributed by atoms with van der Waals surface area (Å²) in [5.74, 6) is 0.769. The van der Waals surface area contributed by atoms with Gasteiger partial charge >= 0.3 is 0 Å². The second-order valence-corrected chi connectivity index (χ2v) is 6.08. The number of rotatable bonds is 6. The van der Waals surface area contributed by atoms with Crippen molar-refractivity contribution in [2.24, 2.45) is 5.41 Å². The first-order valence-electron chi connectivity index (χ1n) is 7.39. The van der Waals surface area contributed by atoms with Gasteiger partial charge in [-0.25, -0.2) is 0 Å². The van der Waals surface area contributed by atoms with Crippen LogP contribution in [-0.4, -0.2) is 0 Å². The van der Waals surface area contributed by atoms with Gasteiger partial charge in [0.05, 0.1) is 0 Å². The molecular weight excluding hydrogens is 216 g/mol. The van der Waals surface area contributed by atoms with Crippen LogP contribution in [0.2, 0.25) is 0 Å². The Morgan fingerprint density at radius 3 is 2.56 bits per heavy atom. The summed E-state index contributed by atoms with van der Waals surface area (Å²) in [7, 11) is 0. The van der Waals surface area contributed by atoms with Gasteiger partial charge in [-0.1, -0.05) is 68.2 Å². The molecule has 0 bridgehead atoms. The molecule has 18 heavy (non-hydrogen) atoms. The zero-order valence-corrected chi connectivity index (χ0v) is 12.1. The molecule has 0 saturated heterocycles. The molecule has 0 nitrogen and oxygen atoms in total. The Hall–Kier alpha value is -1.04. The molecule has 0 radical (unpaired) electrons. The third-order valence-corrected chi connectivity index (χ3v) is 4.14. The Kier molecular flexibility index (Phi) is 4.27. The SMILES string of the molecule is CCCCC[C@@]1(C=C(C)C)C[C@@H]1c1ccccc1. The van der Waals surface area contributed by atoms with E-state index in [1.807, 2.05) is 0 Å². The molecule has 0 aromatic heterocycles. The summed E-state index contributed by atoms with van der Waals surface area (Å²) in [6.07, 6.45) is 9.34. The highest BCUT2D eigenvalue weighted by Crippen LogP contribution is 2.63. The van der Waals surface area contributed by atoms with Gasteiger partial charge in [0.25, 0.3) is 0 Å². The molecule has 1 aromatic carbocycles. The van der Waals surface area contributed by atoms with Crippen LogP contribution in [0.4, 0.5) is 0 Å². The maximum Gasteiger partial charge on any atom is -0.00407 e. The van der Waals surface area contributed by atoms with Crippen molar-refractivity contribution in [1.29, 1.82) is 0 Å². The Labute approximate surface area is 112 Å². The molecule has 0 spiro atoms. The lowest BCUT2D eigenvalue weighted by Gasteiger charge is -2.14. The van der Waals surface area contributed by atoms with E-state index in [2.05, 4.69) is 57.2 Å². The zero-order chi connectivity index (χ0) is 13.0. The zero-order valence-electron chi connectivity index (χ0n) is 12.1. The summed E-state index contributed by atoms with van der Waals surface area (Å²) in [6, 6.07) is 11.1. The third kappa shape index (κ3) is 3.04. The smallest absolute Gasteiger partial charge is 0.00407 e. The van der Waals surface area contributed by atoms with Crippen molar-refractivity contribution in [2.75, 3.05) is 0 Å². The molecule has 98 valence electrons. The van der Waals surface area contributed by atoms with E-state index in [9.17, 15) is 0 Å². The Bertz CT molecular complexity index is 397. The first-order chi connectivity index (χ1) is 8.68. The second kappa shape index (κ2) is 5.73. The average Bonchev–Trinajstić information content (AvgIpc) is 3.04. The Morgan fingerprint density at radius 1 is 1.22 bits per heavy atom. The molecule has 1 aromatic rings. The number of hydrogen-bond donors (Lipinski definition) is 0. The van der Waals surface area contributed by atoms with Crippen molar-refractivity contribution in [3.8, 4) is 0 Å². The minimum absolute atomic E-state index is 0.482. The fourth-order valence-corrected chi connectivity index (χ4v) is 3.24. The lowest BCUT2D eigenvalue weighted by atomic mass is 9.91. The van der Waals surface area contributed by atoms with E-state index in [1.165, 1.54) is 43.2 Å². The lowest BCUT2D eigenvalue weighted by Crippen LogP contribution is -2.01. The van der Waals surface area contributed by atoms with Gasteiger partial charge in [0.1, 0.15) is 0 Å². The van der Waals surface area contributed by atoms with Crippen LogP contribution in [0.15, 0.2) is 42.0 Å². The van der Waals surface area contributed by atoms with Gasteiger partial charge in [-0.05, 0) is 43.6 Å². The number of allylic oxidation sites excluding steroid dienone is 2. The molecule has 1 aliphatic carbocycles. The van der Waals surface area contributed by atoms with Crippen molar-refractivity contribution in [2.45, 2.75) is 58.8 Å². The fraction of sp³-hybridized carbons (Fsp3) is 0.556. The summed E-state index contributed by atoms with van der Waals surface area (Å²) in [4.78, 5) is 0. The van der Waals surface area contributed by atoms with E-state index < -0.39 is 0 Å². The molecule has 2 rings (SSSR count). The van der Waals surface area contributed by atoms with Crippen LogP contribution in [0.5, 0.6) is 0 Å². The molecule has 0 amide bonds.